The van der Waals surface area contributed by atoms with Crippen molar-refractivity contribution in [1.82, 2.24) is 0 Å². The summed E-state index contributed by atoms with van der Waals surface area (Å²) in [6, 6.07) is 0. The van der Waals surface area contributed by atoms with Crippen LogP contribution in [0.3, 0.4) is 0 Å². The number of hydrogen-bond donors (Lipinski definition) is 0. The van der Waals surface area contributed by atoms with Gasteiger partial charge in [-0.15, -0.1) is 0 Å². The van der Waals surface area contributed by atoms with Crippen LogP contribution < -0.4 is 0 Å². The molecule has 2 aliphatic carbocycles. The summed E-state index contributed by atoms with van der Waals surface area (Å²) >= 11 is 0. The van der Waals surface area contributed by atoms with Crippen LogP contribution in [-0.4, -0.2) is 26.3 Å². The van der Waals surface area contributed by atoms with E-state index in [4.69, 9.17) is 9.47 Å². The second kappa shape index (κ2) is 10.1. The number of carbonyl (C=O) groups excluding carboxylic acids is 1. The highest BCUT2D eigenvalue weighted by Gasteiger charge is 2.07. The first-order chi connectivity index (χ1) is 10.1. The lowest BCUT2D eigenvalue weighted by molar-refractivity contribution is -0.136. The predicted octanol–water partition coefficient (Wildman–Crippen LogP) is 3.89. The maximum Gasteiger partial charge on any atom is 0.332 e. The van der Waals surface area contributed by atoms with Gasteiger partial charge in [0.2, 0.25) is 0 Å². The number of hydrogen-bond acceptors (Lipinski definition) is 4. The average molecular weight is 294 g/mol. The fraction of sp³-hybridized carbons (Fsp3) is 0.588. The van der Waals surface area contributed by atoms with Gasteiger partial charge in [0.05, 0.1) is 18.6 Å². The molecule has 0 aromatic heterocycles. The summed E-state index contributed by atoms with van der Waals surface area (Å²) in [7, 11) is 1.33. The molecule has 0 N–H and O–H groups in total. The Morgan fingerprint density at radius 1 is 1.10 bits per heavy atom. The zero-order valence-electron chi connectivity index (χ0n) is 13.2. The van der Waals surface area contributed by atoms with E-state index >= 15 is 0 Å². The maximum atomic E-state index is 10.2. The van der Waals surface area contributed by atoms with Crippen molar-refractivity contribution in [2.24, 2.45) is 0 Å². The molecule has 0 saturated heterocycles. The first-order valence-electron chi connectivity index (χ1n) is 7.51. The topological polar surface area (TPSA) is 44.8 Å². The Labute approximate surface area is 127 Å². The monoisotopic (exact) mass is 294 g/mol. The van der Waals surface area contributed by atoms with Gasteiger partial charge in [-0.2, -0.15) is 0 Å². The van der Waals surface area contributed by atoms with Crippen LogP contribution in [0, 0.1) is 0 Å². The summed E-state index contributed by atoms with van der Waals surface area (Å²) in [6.45, 7) is 6.35. The summed E-state index contributed by atoms with van der Waals surface area (Å²) in [6.07, 6.45) is 11.5. The van der Waals surface area contributed by atoms with Gasteiger partial charge in [0, 0.05) is 18.4 Å². The summed E-state index contributed by atoms with van der Waals surface area (Å²) < 4.78 is 15.4. The second-order valence-corrected chi connectivity index (χ2v) is 5.09. The lowest BCUT2D eigenvalue weighted by Crippen LogP contribution is -2.02. The van der Waals surface area contributed by atoms with E-state index in [0.29, 0.717) is 18.8 Å². The maximum absolute atomic E-state index is 10.2. The van der Waals surface area contributed by atoms with Gasteiger partial charge >= 0.3 is 5.97 Å². The summed E-state index contributed by atoms with van der Waals surface area (Å²) in [5.41, 5.74) is 0.433. The molecule has 0 radical (unpaired) electrons. The van der Waals surface area contributed by atoms with Gasteiger partial charge in [-0.05, 0) is 44.8 Å². The van der Waals surface area contributed by atoms with Crippen LogP contribution in [0.4, 0.5) is 0 Å². The highest BCUT2D eigenvalue weighted by molar-refractivity contribution is 5.86. The van der Waals surface area contributed by atoms with Crippen molar-refractivity contribution >= 4 is 5.97 Å². The van der Waals surface area contributed by atoms with Crippen molar-refractivity contribution in [2.45, 2.75) is 45.4 Å². The van der Waals surface area contributed by atoms with Crippen molar-refractivity contribution in [1.29, 1.82) is 0 Å². The van der Waals surface area contributed by atoms with Crippen LogP contribution in [0.15, 0.2) is 35.8 Å². The van der Waals surface area contributed by atoms with Gasteiger partial charge in [-0.1, -0.05) is 6.58 Å². The van der Waals surface area contributed by atoms with Crippen LogP contribution in [-0.2, 0) is 19.0 Å². The van der Waals surface area contributed by atoms with E-state index in [2.05, 4.69) is 23.5 Å². The molecule has 0 unspecified atom stereocenters. The molecular weight excluding hydrogens is 268 g/mol. The molecule has 0 bridgehead atoms. The number of methoxy groups -OCH3 is 1. The lowest BCUT2D eigenvalue weighted by Gasteiger charge is -2.09. The van der Waals surface area contributed by atoms with Crippen LogP contribution >= 0.6 is 0 Å². The Kier molecular flexibility index (Phi) is 8.32. The molecule has 0 atom stereocenters. The van der Waals surface area contributed by atoms with E-state index in [0.717, 1.165) is 24.4 Å². The Morgan fingerprint density at radius 3 is 1.81 bits per heavy atom. The van der Waals surface area contributed by atoms with Crippen LogP contribution in [0.5, 0.6) is 0 Å². The fourth-order valence-corrected chi connectivity index (χ4v) is 2.06. The number of carbonyl (C=O) groups is 1. The molecule has 0 heterocycles. The third-order valence-corrected chi connectivity index (χ3v) is 3.19. The van der Waals surface area contributed by atoms with E-state index in [1.807, 2.05) is 0 Å². The van der Waals surface area contributed by atoms with Gasteiger partial charge in [0.1, 0.15) is 13.2 Å². The molecule has 21 heavy (non-hydrogen) atoms. The highest BCUT2D eigenvalue weighted by Crippen LogP contribution is 2.20. The van der Waals surface area contributed by atoms with Gasteiger partial charge < -0.3 is 14.2 Å². The van der Waals surface area contributed by atoms with Crippen molar-refractivity contribution in [3.05, 3.63) is 35.8 Å². The van der Waals surface area contributed by atoms with E-state index in [1.165, 1.54) is 32.8 Å². The second-order valence-electron chi connectivity index (χ2n) is 5.09. The molecule has 0 aliphatic heterocycles. The van der Waals surface area contributed by atoms with Crippen LogP contribution in [0.2, 0.25) is 0 Å². The molecular formula is C17H26O4. The molecule has 4 nitrogen and oxygen atoms in total. The molecule has 118 valence electrons. The Morgan fingerprint density at radius 2 is 1.57 bits per heavy atom. The smallest absolute Gasteiger partial charge is 0.332 e. The third kappa shape index (κ3) is 7.59. The van der Waals surface area contributed by atoms with E-state index in [1.54, 1.807) is 6.92 Å². The Hall–Kier alpha value is -1.71. The Bertz CT molecular complexity index is 381. The average Bonchev–Trinajstić information content (AvgIpc) is 3.16. The standard InChI is InChI=1S/C12H18O2.C5H8O2/c1-2-6-11(5-1)13-9-10-14-12-7-3-4-8-12;1-4(2)5(6)7-3/h5,7H,1-4,6,8-10H2;1H2,2-3H3. The molecule has 0 fully saturated rings. The van der Waals surface area contributed by atoms with E-state index < -0.39 is 0 Å². The van der Waals surface area contributed by atoms with Gasteiger partial charge in [-0.3, -0.25) is 0 Å². The lowest BCUT2D eigenvalue weighted by atomic mass is 10.4. The van der Waals surface area contributed by atoms with E-state index in [-0.39, 0.29) is 5.97 Å². The van der Waals surface area contributed by atoms with Gasteiger partial charge in [-0.25, -0.2) is 4.79 Å². The number of allylic oxidation sites excluding steroid dienone is 4. The quantitative estimate of drug-likeness (QED) is 0.423. The molecule has 0 amide bonds. The molecule has 0 spiro atoms. The minimum Gasteiger partial charge on any atom is -0.495 e. The minimum absolute atomic E-state index is 0.347. The van der Waals surface area contributed by atoms with E-state index in [9.17, 15) is 4.79 Å². The zero-order chi connectivity index (χ0) is 15.5. The van der Waals surface area contributed by atoms with Crippen molar-refractivity contribution in [2.75, 3.05) is 20.3 Å². The number of ether oxygens (including phenoxy) is 3. The van der Waals surface area contributed by atoms with Crippen molar-refractivity contribution in [3.63, 3.8) is 0 Å². The zero-order valence-corrected chi connectivity index (χ0v) is 13.2. The normalized spacial score (nSPS) is 16.3. The van der Waals surface area contributed by atoms with Crippen LogP contribution in [0.1, 0.15) is 45.4 Å². The molecule has 0 aromatic carbocycles. The van der Waals surface area contributed by atoms with Crippen molar-refractivity contribution in [3.8, 4) is 0 Å². The summed E-state index contributed by atoms with van der Waals surface area (Å²) in [5.74, 6) is 1.98. The predicted molar refractivity (Wildman–Crippen MR) is 82.6 cm³/mol. The summed E-state index contributed by atoms with van der Waals surface area (Å²) in [5, 5.41) is 0. The van der Waals surface area contributed by atoms with Crippen LogP contribution in [0.25, 0.3) is 0 Å². The largest absolute Gasteiger partial charge is 0.495 e. The minimum atomic E-state index is -0.347. The molecule has 2 rings (SSSR count). The molecule has 4 heteroatoms. The Balaban J connectivity index is 0.000000270. The number of rotatable bonds is 6. The fourth-order valence-electron chi connectivity index (χ4n) is 2.06. The van der Waals surface area contributed by atoms with Gasteiger partial charge in [0.15, 0.2) is 0 Å². The first kappa shape index (κ1) is 17.3. The molecule has 0 saturated carbocycles. The SMILES string of the molecule is C1=C(OCCOC2=CCCC2)CCC1.C=C(C)C(=O)OC. The highest BCUT2D eigenvalue weighted by atomic mass is 16.5. The molecule has 0 aromatic rings. The summed E-state index contributed by atoms with van der Waals surface area (Å²) in [4.78, 5) is 10.2. The third-order valence-electron chi connectivity index (χ3n) is 3.19. The first-order valence-corrected chi connectivity index (χ1v) is 7.51. The molecule has 2 aliphatic rings. The number of esters is 1. The van der Waals surface area contributed by atoms with Gasteiger partial charge in [0.25, 0.3) is 0 Å². The van der Waals surface area contributed by atoms with Crippen molar-refractivity contribution < 1.29 is 19.0 Å².